The first kappa shape index (κ1) is 26.5. The number of halogens is 5. The summed E-state index contributed by atoms with van der Waals surface area (Å²) in [6, 6.07) is -0.451. The van der Waals surface area contributed by atoms with Crippen molar-refractivity contribution < 1.29 is 36.2 Å². The van der Waals surface area contributed by atoms with Gasteiger partial charge in [-0.15, -0.1) is 0 Å². The van der Waals surface area contributed by atoms with Crippen molar-refractivity contribution >= 4 is 11.7 Å². The largest absolute Gasteiger partial charge is 0.434 e. The average molecular weight is 533 g/mol. The smallest absolute Gasteiger partial charge is 0.379 e. The van der Waals surface area contributed by atoms with Gasteiger partial charge in [0.1, 0.15) is 5.82 Å². The number of fused-ring (bicyclic) bond motifs is 2. The van der Waals surface area contributed by atoms with Crippen molar-refractivity contribution in [2.24, 2.45) is 17.3 Å². The number of carbonyl (C=O) groups is 1. The fourth-order valence-corrected chi connectivity index (χ4v) is 7.05. The third kappa shape index (κ3) is 5.28. The zero-order valence-corrected chi connectivity index (χ0v) is 20.8. The summed E-state index contributed by atoms with van der Waals surface area (Å²) < 4.78 is 77.9. The van der Waals surface area contributed by atoms with Crippen LogP contribution in [0.3, 0.4) is 0 Å². The molecule has 0 N–H and O–H groups in total. The van der Waals surface area contributed by atoms with Crippen molar-refractivity contribution in [1.82, 2.24) is 14.9 Å². The molecule has 12 heteroatoms. The first-order valence-corrected chi connectivity index (χ1v) is 13.0. The molecular weight excluding hydrogens is 499 g/mol. The minimum atomic E-state index is -4.60. The van der Waals surface area contributed by atoms with Crippen molar-refractivity contribution in [3.63, 3.8) is 0 Å². The molecular formula is C25H33F5N4O3. The number of carbonyl (C=O) groups excluding carboxylic acids is 1. The highest BCUT2D eigenvalue weighted by molar-refractivity contribution is 5.84. The number of methoxy groups -OCH3 is 1. The number of likely N-dealkylation sites (tertiary alicyclic amines) is 1. The number of amides is 1. The van der Waals surface area contributed by atoms with E-state index >= 15 is 0 Å². The second-order valence-corrected chi connectivity index (χ2v) is 11.0. The summed E-state index contributed by atoms with van der Waals surface area (Å²) in [7, 11) is 1.66. The van der Waals surface area contributed by atoms with Gasteiger partial charge in [0, 0.05) is 33.2 Å². The third-order valence-corrected chi connectivity index (χ3v) is 8.80. The van der Waals surface area contributed by atoms with Crippen LogP contribution in [-0.4, -0.2) is 78.8 Å². The molecule has 4 fully saturated rings. The molecule has 1 aromatic rings. The van der Waals surface area contributed by atoms with Gasteiger partial charge in [0.15, 0.2) is 5.69 Å². The van der Waals surface area contributed by atoms with Gasteiger partial charge in [-0.2, -0.15) is 13.2 Å². The molecule has 4 heterocycles. The predicted octanol–water partition coefficient (Wildman–Crippen LogP) is 4.17. The number of alkyl halides is 5. The lowest BCUT2D eigenvalue weighted by Crippen LogP contribution is -2.53. The number of piperazine rings is 1. The van der Waals surface area contributed by atoms with Crippen LogP contribution in [0.4, 0.5) is 27.8 Å². The highest BCUT2D eigenvalue weighted by atomic mass is 19.4. The molecule has 4 aliphatic rings. The van der Waals surface area contributed by atoms with E-state index in [1.807, 2.05) is 0 Å². The van der Waals surface area contributed by atoms with E-state index in [2.05, 4.69) is 9.97 Å². The van der Waals surface area contributed by atoms with E-state index in [9.17, 15) is 26.7 Å². The lowest BCUT2D eigenvalue weighted by Gasteiger charge is -2.40. The molecule has 7 nitrogen and oxygen atoms in total. The molecule has 5 rings (SSSR count). The quantitative estimate of drug-likeness (QED) is 0.492. The fraction of sp³-hybridized carbons (Fsp3) is 0.800. The molecule has 2 bridgehead atoms. The first-order valence-electron chi connectivity index (χ1n) is 13.0. The lowest BCUT2D eigenvalue weighted by molar-refractivity contribution is -0.146. The maximum Gasteiger partial charge on any atom is 0.434 e. The van der Waals surface area contributed by atoms with Crippen molar-refractivity contribution in [2.45, 2.75) is 75.7 Å². The molecule has 1 saturated carbocycles. The van der Waals surface area contributed by atoms with Gasteiger partial charge >= 0.3 is 6.18 Å². The van der Waals surface area contributed by atoms with Gasteiger partial charge in [-0.3, -0.25) is 9.78 Å². The lowest BCUT2D eigenvalue weighted by atomic mass is 9.78. The van der Waals surface area contributed by atoms with E-state index in [4.69, 9.17) is 9.47 Å². The molecule has 3 saturated heterocycles. The van der Waals surface area contributed by atoms with Crippen LogP contribution < -0.4 is 4.90 Å². The summed E-state index contributed by atoms with van der Waals surface area (Å²) in [4.78, 5) is 24.7. The minimum Gasteiger partial charge on any atom is -0.379 e. The molecule has 206 valence electrons. The SMILES string of the molecule is CO[C@@H]1COCC[C@@H]1C[C@H]1CC[C@](CC(F)F)(C(=O)N2C[C@@H]3C[C@H]2CN3c2cncc(C(F)(F)F)n2)C1. The molecule has 0 spiro atoms. The highest BCUT2D eigenvalue weighted by Crippen LogP contribution is 2.51. The maximum absolute atomic E-state index is 13.8. The number of ether oxygens (including phenoxy) is 2. The maximum atomic E-state index is 13.8. The second kappa shape index (κ2) is 10.2. The number of aromatic nitrogens is 2. The zero-order chi connectivity index (χ0) is 26.4. The molecule has 1 aliphatic carbocycles. The van der Waals surface area contributed by atoms with Crippen LogP contribution in [-0.2, 0) is 20.4 Å². The highest BCUT2D eigenvalue weighted by Gasteiger charge is 2.54. The van der Waals surface area contributed by atoms with E-state index in [1.165, 1.54) is 6.20 Å². The molecule has 3 aliphatic heterocycles. The Morgan fingerprint density at radius 1 is 1.24 bits per heavy atom. The number of hydrogen-bond donors (Lipinski definition) is 0. The van der Waals surface area contributed by atoms with Gasteiger partial charge in [0.25, 0.3) is 0 Å². The van der Waals surface area contributed by atoms with Crippen LogP contribution in [0, 0.1) is 17.3 Å². The van der Waals surface area contributed by atoms with Gasteiger partial charge in [-0.05, 0) is 50.4 Å². The molecule has 1 aromatic heterocycles. The van der Waals surface area contributed by atoms with Crippen molar-refractivity contribution in [2.75, 3.05) is 38.3 Å². The zero-order valence-electron chi connectivity index (χ0n) is 20.8. The monoisotopic (exact) mass is 532 g/mol. The Hall–Kier alpha value is -2.08. The van der Waals surface area contributed by atoms with Gasteiger partial charge in [0.05, 0.1) is 42.6 Å². The molecule has 6 atom stereocenters. The standard InChI is InChI=1S/C25H33F5N4O3/c1-36-19-14-37-5-3-16(19)6-15-2-4-24(8-15,9-21(26)27)23(35)34-13-17-7-18(34)12-33(17)22-11-31-10-20(32-22)25(28,29)30/h10-11,15-19,21H,2-9,12-14H2,1H3/t15-,16-,17+,18+,19-,24+/m1/s1. The van der Waals surface area contributed by atoms with Crippen LogP contribution >= 0.6 is 0 Å². The van der Waals surface area contributed by atoms with E-state index in [-0.39, 0.29) is 41.7 Å². The minimum absolute atomic E-state index is 0.0196. The van der Waals surface area contributed by atoms with Crippen LogP contribution in [0.15, 0.2) is 12.4 Å². The topological polar surface area (TPSA) is 67.8 Å². The molecule has 37 heavy (non-hydrogen) atoms. The third-order valence-electron chi connectivity index (χ3n) is 8.80. The van der Waals surface area contributed by atoms with Crippen LogP contribution in [0.5, 0.6) is 0 Å². The Morgan fingerprint density at radius 3 is 2.73 bits per heavy atom. The first-order chi connectivity index (χ1) is 17.6. The summed E-state index contributed by atoms with van der Waals surface area (Å²) in [6.07, 6.45) is -1.83. The predicted molar refractivity (Wildman–Crippen MR) is 123 cm³/mol. The molecule has 1 amide bonds. The summed E-state index contributed by atoms with van der Waals surface area (Å²) in [6.45, 7) is 1.79. The molecule has 0 radical (unpaired) electrons. The van der Waals surface area contributed by atoms with Gasteiger partial charge in [-0.1, -0.05) is 0 Å². The summed E-state index contributed by atoms with van der Waals surface area (Å²) in [5, 5.41) is 0. The Bertz CT molecular complexity index is 982. The Balaban J connectivity index is 1.27. The Morgan fingerprint density at radius 2 is 2.05 bits per heavy atom. The van der Waals surface area contributed by atoms with Gasteiger partial charge < -0.3 is 19.3 Å². The van der Waals surface area contributed by atoms with Crippen molar-refractivity contribution in [1.29, 1.82) is 0 Å². The van der Waals surface area contributed by atoms with E-state index in [0.717, 1.165) is 19.3 Å². The van der Waals surface area contributed by atoms with Gasteiger partial charge in [0.2, 0.25) is 12.3 Å². The number of anilines is 1. The van der Waals surface area contributed by atoms with E-state index in [0.29, 0.717) is 51.8 Å². The summed E-state index contributed by atoms with van der Waals surface area (Å²) >= 11 is 0. The number of rotatable bonds is 7. The second-order valence-electron chi connectivity index (χ2n) is 11.0. The van der Waals surface area contributed by atoms with Crippen molar-refractivity contribution in [3.05, 3.63) is 18.1 Å². The summed E-state index contributed by atoms with van der Waals surface area (Å²) in [5.74, 6) is 0.348. The normalized spacial score (nSPS) is 34.1. The Kier molecular flexibility index (Phi) is 7.34. The van der Waals surface area contributed by atoms with Crippen molar-refractivity contribution in [3.8, 4) is 0 Å². The fourth-order valence-electron chi connectivity index (χ4n) is 7.05. The summed E-state index contributed by atoms with van der Waals surface area (Å²) in [5.41, 5.74) is -2.16. The Labute approximate surface area is 212 Å². The van der Waals surface area contributed by atoms with Crippen LogP contribution in [0.25, 0.3) is 0 Å². The number of hydrogen-bond acceptors (Lipinski definition) is 6. The van der Waals surface area contributed by atoms with Crippen LogP contribution in [0.2, 0.25) is 0 Å². The molecule has 0 unspecified atom stereocenters. The van der Waals surface area contributed by atoms with E-state index in [1.54, 1.807) is 16.9 Å². The van der Waals surface area contributed by atoms with Gasteiger partial charge in [-0.25, -0.2) is 13.8 Å². The number of nitrogens with zero attached hydrogens (tertiary/aromatic N) is 4. The van der Waals surface area contributed by atoms with Crippen LogP contribution in [0.1, 0.15) is 50.6 Å². The average Bonchev–Trinajstić information content (AvgIpc) is 3.58. The van der Waals surface area contributed by atoms with E-state index < -0.39 is 30.1 Å². The molecule has 0 aromatic carbocycles.